The second kappa shape index (κ2) is 14.5. The van der Waals surface area contributed by atoms with E-state index in [1.54, 1.807) is 4.90 Å². The van der Waals surface area contributed by atoms with Gasteiger partial charge in [-0.1, -0.05) is 30.3 Å². The maximum Gasteiger partial charge on any atom is 0.475 e. The van der Waals surface area contributed by atoms with E-state index in [4.69, 9.17) is 9.47 Å². The number of nitrogens with one attached hydrogen (secondary N) is 1. The summed E-state index contributed by atoms with van der Waals surface area (Å²) in [7, 11) is -1.76. The minimum Gasteiger partial charge on any atom is -0.444 e. The Labute approximate surface area is 243 Å². The summed E-state index contributed by atoms with van der Waals surface area (Å²) in [4.78, 5) is 32.5. The molecule has 3 aliphatic heterocycles. The van der Waals surface area contributed by atoms with Crippen molar-refractivity contribution in [2.24, 2.45) is 5.92 Å². The van der Waals surface area contributed by atoms with Crippen molar-refractivity contribution in [1.82, 2.24) is 20.0 Å². The summed E-state index contributed by atoms with van der Waals surface area (Å²) in [5.41, 5.74) is 0.716. The zero-order chi connectivity index (χ0) is 29.4. The van der Waals surface area contributed by atoms with Gasteiger partial charge in [-0.15, -0.1) is 0 Å². The van der Waals surface area contributed by atoms with Gasteiger partial charge in [-0.2, -0.15) is 5.26 Å². The number of nitrogens with zero attached hydrogens (tertiary/aromatic N) is 4. The molecule has 0 aromatic heterocycles. The molecule has 3 N–H and O–H groups in total. The van der Waals surface area contributed by atoms with Crippen LogP contribution >= 0.6 is 0 Å². The second-order valence-corrected chi connectivity index (χ2v) is 12.1. The third-order valence-electron chi connectivity index (χ3n) is 8.73. The summed E-state index contributed by atoms with van der Waals surface area (Å²) >= 11 is 0. The predicted octanol–water partition coefficient (Wildman–Crippen LogP) is 1.04. The Morgan fingerprint density at radius 3 is 2.49 bits per heavy atom. The van der Waals surface area contributed by atoms with Gasteiger partial charge >= 0.3 is 13.2 Å². The number of amides is 2. The van der Waals surface area contributed by atoms with Crippen molar-refractivity contribution in [2.45, 2.75) is 69.6 Å². The molecule has 11 nitrogen and oxygen atoms in total. The first-order valence-corrected chi connectivity index (χ1v) is 14.8. The van der Waals surface area contributed by atoms with E-state index in [0.29, 0.717) is 31.8 Å². The van der Waals surface area contributed by atoms with Crippen LogP contribution in [0.3, 0.4) is 0 Å². The summed E-state index contributed by atoms with van der Waals surface area (Å²) in [5.74, 6) is -1.91. The van der Waals surface area contributed by atoms with E-state index >= 15 is 0 Å². The van der Waals surface area contributed by atoms with Gasteiger partial charge < -0.3 is 29.7 Å². The van der Waals surface area contributed by atoms with Crippen molar-refractivity contribution in [3.63, 3.8) is 0 Å². The van der Waals surface area contributed by atoms with Gasteiger partial charge in [0.15, 0.2) is 0 Å². The maximum atomic E-state index is 13.3. The lowest BCUT2D eigenvalue weighted by atomic mass is 9.76. The van der Waals surface area contributed by atoms with Gasteiger partial charge in [0.05, 0.1) is 37.8 Å². The smallest absolute Gasteiger partial charge is 0.444 e. The first kappa shape index (κ1) is 31.3. The molecule has 2 amide bonds. The molecule has 0 spiro atoms. The topological polar surface area (TPSA) is 139 Å². The van der Waals surface area contributed by atoms with E-state index in [1.165, 1.54) is 0 Å². The number of hydrogen-bond donors (Lipinski definition) is 3. The molecule has 3 fully saturated rings. The third kappa shape index (κ3) is 8.66. The SMILES string of the molecule is CC(C)(CCC(C#N)C(=O)N1CCC[C@H](OC(=O)N[C@@H](Cc2ccccc2)B(O)O)C1)N1CCN(C2COC2)CC1. The van der Waals surface area contributed by atoms with Crippen LogP contribution in [0.4, 0.5) is 4.79 Å². The predicted molar refractivity (Wildman–Crippen MR) is 154 cm³/mol. The van der Waals surface area contributed by atoms with Crippen molar-refractivity contribution in [1.29, 1.82) is 5.26 Å². The number of alkyl carbamates (subject to hydrolysis) is 1. The minimum absolute atomic E-state index is 0.128. The van der Waals surface area contributed by atoms with Crippen molar-refractivity contribution in [3.8, 4) is 6.07 Å². The first-order valence-electron chi connectivity index (χ1n) is 14.8. The zero-order valence-electron chi connectivity index (χ0n) is 24.3. The number of benzene rings is 1. The molecule has 12 heteroatoms. The van der Waals surface area contributed by atoms with Crippen molar-refractivity contribution < 1.29 is 29.1 Å². The minimum atomic E-state index is -1.76. The molecule has 0 aliphatic carbocycles. The highest BCUT2D eigenvalue weighted by atomic mass is 16.6. The summed E-state index contributed by atoms with van der Waals surface area (Å²) in [6.45, 7) is 10.7. The van der Waals surface area contributed by atoms with Crippen molar-refractivity contribution >= 4 is 19.1 Å². The van der Waals surface area contributed by atoms with E-state index in [2.05, 4.69) is 35.0 Å². The number of likely N-dealkylation sites (tertiary alicyclic amines) is 1. The summed E-state index contributed by atoms with van der Waals surface area (Å²) in [6, 6.07) is 12.0. The van der Waals surface area contributed by atoms with Gasteiger partial charge in [0.25, 0.3) is 0 Å². The van der Waals surface area contributed by atoms with E-state index in [9.17, 15) is 24.9 Å². The van der Waals surface area contributed by atoms with Gasteiger partial charge in [0.1, 0.15) is 12.0 Å². The number of piperidine rings is 1. The summed E-state index contributed by atoms with van der Waals surface area (Å²) < 4.78 is 10.9. The quantitative estimate of drug-likeness (QED) is 0.334. The van der Waals surface area contributed by atoms with E-state index in [-0.39, 0.29) is 24.4 Å². The Bertz CT molecular complexity index is 1040. The first-order chi connectivity index (χ1) is 19.7. The van der Waals surface area contributed by atoms with Crippen LogP contribution < -0.4 is 5.32 Å². The third-order valence-corrected chi connectivity index (χ3v) is 8.73. The van der Waals surface area contributed by atoms with Gasteiger partial charge in [-0.3, -0.25) is 14.6 Å². The molecule has 3 atom stereocenters. The number of hydrogen-bond acceptors (Lipinski definition) is 9. The van der Waals surface area contributed by atoms with Crippen LogP contribution in [0.2, 0.25) is 0 Å². The van der Waals surface area contributed by atoms with Crippen LogP contribution in [-0.2, 0) is 20.7 Å². The Morgan fingerprint density at radius 2 is 1.88 bits per heavy atom. The molecular weight excluding hydrogens is 525 g/mol. The molecule has 4 rings (SSSR count). The van der Waals surface area contributed by atoms with Crippen LogP contribution in [0, 0.1) is 17.2 Å². The van der Waals surface area contributed by atoms with Crippen LogP contribution in [0.1, 0.15) is 45.1 Å². The molecule has 1 aromatic rings. The largest absolute Gasteiger partial charge is 0.475 e. The van der Waals surface area contributed by atoms with E-state index in [0.717, 1.165) is 51.4 Å². The average molecular weight is 570 g/mol. The fourth-order valence-corrected chi connectivity index (χ4v) is 5.92. The van der Waals surface area contributed by atoms with Crippen molar-refractivity contribution in [2.75, 3.05) is 52.5 Å². The molecule has 0 saturated carbocycles. The van der Waals surface area contributed by atoms with E-state index in [1.807, 2.05) is 30.3 Å². The Morgan fingerprint density at radius 1 is 1.17 bits per heavy atom. The molecule has 1 unspecified atom stereocenters. The number of nitriles is 1. The van der Waals surface area contributed by atoms with Crippen LogP contribution in [0.25, 0.3) is 0 Å². The van der Waals surface area contributed by atoms with Gasteiger partial charge in [-0.05, 0) is 51.5 Å². The second-order valence-electron chi connectivity index (χ2n) is 12.1. The van der Waals surface area contributed by atoms with Crippen LogP contribution in [0.15, 0.2) is 30.3 Å². The highest BCUT2D eigenvalue weighted by Gasteiger charge is 2.36. The molecule has 3 aliphatic rings. The van der Waals surface area contributed by atoms with Gasteiger partial charge in [0.2, 0.25) is 5.91 Å². The fraction of sp³-hybridized carbons (Fsp3) is 0.690. The molecule has 1 aromatic carbocycles. The molecule has 41 heavy (non-hydrogen) atoms. The standard InChI is InChI=1S/C29H44BN5O6/c1-29(2,35-15-13-33(14-16-35)24-20-40-21-24)11-10-23(18-31)27(36)34-12-6-9-25(19-34)41-28(37)32-26(30(38)39)17-22-7-4-3-5-8-22/h3-5,7-8,23-26,38-39H,6,9-17,19-21H2,1-2H3,(H,32,37)/t23?,25-,26-/m0/s1. The summed E-state index contributed by atoms with van der Waals surface area (Å²) in [5, 5.41) is 31.9. The highest BCUT2D eigenvalue weighted by Crippen LogP contribution is 2.27. The Hall–Kier alpha value is -2.69. The molecule has 0 bridgehead atoms. The lowest BCUT2D eigenvalue weighted by Crippen LogP contribution is -2.60. The van der Waals surface area contributed by atoms with Gasteiger partial charge in [0, 0.05) is 38.3 Å². The van der Waals surface area contributed by atoms with Crippen molar-refractivity contribution in [3.05, 3.63) is 35.9 Å². The highest BCUT2D eigenvalue weighted by molar-refractivity contribution is 6.43. The molecule has 3 heterocycles. The fourth-order valence-electron chi connectivity index (χ4n) is 5.92. The monoisotopic (exact) mass is 569 g/mol. The maximum absolute atomic E-state index is 13.3. The number of piperazine rings is 1. The number of ether oxygens (including phenoxy) is 2. The Balaban J connectivity index is 1.23. The number of carbonyl (C=O) groups excluding carboxylic acids is 2. The molecule has 224 valence electrons. The summed E-state index contributed by atoms with van der Waals surface area (Å²) in [6.07, 6.45) is 1.37. The molecule has 0 radical (unpaired) electrons. The molecular formula is C29H44BN5O6. The van der Waals surface area contributed by atoms with Gasteiger partial charge in [-0.25, -0.2) is 4.79 Å². The van der Waals surface area contributed by atoms with Crippen LogP contribution in [-0.4, -0.2) is 120 Å². The normalized spacial score (nSPS) is 22.2. The molecule has 3 saturated heterocycles. The van der Waals surface area contributed by atoms with Crippen LogP contribution in [0.5, 0.6) is 0 Å². The average Bonchev–Trinajstić information content (AvgIpc) is 2.93. The number of rotatable bonds is 11. The van der Waals surface area contributed by atoms with E-state index < -0.39 is 31.2 Å². The number of carbonyl (C=O) groups is 2. The lowest BCUT2D eigenvalue weighted by Gasteiger charge is -2.47. The zero-order valence-corrected chi connectivity index (χ0v) is 24.3. The Kier molecular flexibility index (Phi) is 11.0. The lowest BCUT2D eigenvalue weighted by molar-refractivity contribution is -0.137.